The standard InChI is InChI=1S/C22H19NO6S/c24-18-7-1-15(2-8-18)21(16-3-9-19(25)10-4-16)13-14-23-30(28,29)20-11-5-17(6-12-20)22(26)27/h1-13,23-25H,14H2,(H,26,27). The van der Waals surface area contributed by atoms with Crippen molar-refractivity contribution in [2.24, 2.45) is 0 Å². The van der Waals surface area contributed by atoms with Gasteiger partial charge in [-0.1, -0.05) is 30.3 Å². The molecule has 3 aromatic carbocycles. The van der Waals surface area contributed by atoms with Gasteiger partial charge in [0, 0.05) is 6.54 Å². The quantitative estimate of drug-likeness (QED) is 0.461. The minimum Gasteiger partial charge on any atom is -0.508 e. The molecule has 0 atom stereocenters. The summed E-state index contributed by atoms with van der Waals surface area (Å²) in [5.41, 5.74) is 2.21. The number of nitrogens with one attached hydrogen (secondary N) is 1. The molecule has 0 aliphatic carbocycles. The molecule has 0 bridgehead atoms. The highest BCUT2D eigenvalue weighted by Crippen LogP contribution is 2.26. The lowest BCUT2D eigenvalue weighted by Gasteiger charge is -2.11. The fraction of sp³-hybridized carbons (Fsp3) is 0.0455. The minimum absolute atomic E-state index is 0.00390. The molecule has 0 radical (unpaired) electrons. The lowest BCUT2D eigenvalue weighted by atomic mass is 9.97. The summed E-state index contributed by atoms with van der Waals surface area (Å²) in [5.74, 6) is -0.925. The topological polar surface area (TPSA) is 124 Å². The van der Waals surface area contributed by atoms with Gasteiger partial charge in [-0.15, -0.1) is 0 Å². The van der Waals surface area contributed by atoms with Gasteiger partial charge in [-0.2, -0.15) is 0 Å². The van der Waals surface area contributed by atoms with E-state index >= 15 is 0 Å². The molecule has 3 rings (SSSR count). The Morgan fingerprint density at radius 3 is 1.63 bits per heavy atom. The normalized spacial score (nSPS) is 11.1. The number of sulfonamides is 1. The Bertz CT molecular complexity index is 1120. The number of carbonyl (C=O) groups is 1. The van der Waals surface area contributed by atoms with E-state index < -0.39 is 16.0 Å². The molecule has 0 amide bonds. The van der Waals surface area contributed by atoms with E-state index in [1.54, 1.807) is 30.3 Å². The Morgan fingerprint density at radius 1 is 0.767 bits per heavy atom. The Morgan fingerprint density at radius 2 is 1.20 bits per heavy atom. The predicted octanol–water partition coefficient (Wildman–Crippen LogP) is 3.21. The van der Waals surface area contributed by atoms with Crippen molar-refractivity contribution in [2.45, 2.75) is 4.90 Å². The van der Waals surface area contributed by atoms with Crippen LogP contribution in [0.4, 0.5) is 0 Å². The Labute approximate surface area is 173 Å². The van der Waals surface area contributed by atoms with Crippen LogP contribution in [0, 0.1) is 0 Å². The number of hydrogen-bond acceptors (Lipinski definition) is 5. The van der Waals surface area contributed by atoms with Gasteiger partial charge < -0.3 is 15.3 Å². The van der Waals surface area contributed by atoms with Gasteiger partial charge in [0.25, 0.3) is 0 Å². The Balaban J connectivity index is 1.85. The number of phenolic OH excluding ortho intramolecular Hbond substituents is 2. The molecule has 8 heteroatoms. The zero-order chi connectivity index (χ0) is 21.7. The van der Waals surface area contributed by atoms with E-state index in [1.165, 1.54) is 48.5 Å². The number of carboxylic acids is 1. The fourth-order valence-corrected chi connectivity index (χ4v) is 3.76. The molecule has 0 spiro atoms. The van der Waals surface area contributed by atoms with Crippen molar-refractivity contribution in [3.8, 4) is 11.5 Å². The molecule has 0 aromatic heterocycles. The second-order valence-corrected chi connectivity index (χ2v) is 8.16. The minimum atomic E-state index is -3.84. The van der Waals surface area contributed by atoms with Gasteiger partial charge in [0.2, 0.25) is 10.0 Å². The van der Waals surface area contributed by atoms with E-state index in [0.29, 0.717) is 5.57 Å². The summed E-state index contributed by atoms with van der Waals surface area (Å²) in [6, 6.07) is 17.8. The highest BCUT2D eigenvalue weighted by molar-refractivity contribution is 7.89. The maximum atomic E-state index is 12.5. The monoisotopic (exact) mass is 425 g/mol. The molecule has 7 nitrogen and oxygen atoms in total. The smallest absolute Gasteiger partial charge is 0.335 e. The number of benzene rings is 3. The number of phenols is 2. The van der Waals surface area contributed by atoms with Crippen LogP contribution in [0.25, 0.3) is 5.57 Å². The van der Waals surface area contributed by atoms with Crippen molar-refractivity contribution in [1.82, 2.24) is 4.72 Å². The van der Waals surface area contributed by atoms with Gasteiger partial charge in [-0.25, -0.2) is 17.9 Å². The summed E-state index contributed by atoms with van der Waals surface area (Å²) in [6.45, 7) is -0.0277. The fourth-order valence-electron chi connectivity index (χ4n) is 2.80. The Kier molecular flexibility index (Phi) is 6.20. The average molecular weight is 425 g/mol. The number of carboxylic acid groups (broad SMARTS) is 1. The summed E-state index contributed by atoms with van der Waals surface area (Å²) in [5, 5.41) is 28.0. The van der Waals surface area contributed by atoms with Gasteiger partial charge in [-0.3, -0.25) is 0 Å². The van der Waals surface area contributed by atoms with Crippen LogP contribution >= 0.6 is 0 Å². The van der Waals surface area contributed by atoms with Gasteiger partial charge in [0.1, 0.15) is 11.5 Å². The third kappa shape index (κ3) is 5.05. The first kappa shape index (κ1) is 21.1. The third-order valence-corrected chi connectivity index (χ3v) is 5.79. The van der Waals surface area contributed by atoms with Crippen LogP contribution in [0.15, 0.2) is 83.8 Å². The van der Waals surface area contributed by atoms with Crippen molar-refractivity contribution in [3.63, 3.8) is 0 Å². The first-order chi connectivity index (χ1) is 14.3. The highest BCUT2D eigenvalue weighted by atomic mass is 32.2. The summed E-state index contributed by atoms with van der Waals surface area (Å²) in [7, 11) is -3.84. The van der Waals surface area contributed by atoms with E-state index in [0.717, 1.165) is 11.1 Å². The molecule has 0 unspecified atom stereocenters. The molecule has 0 saturated heterocycles. The van der Waals surface area contributed by atoms with Crippen LogP contribution in [0.1, 0.15) is 21.5 Å². The van der Waals surface area contributed by atoms with Gasteiger partial charge >= 0.3 is 5.97 Å². The van der Waals surface area contributed by atoms with Crippen LogP contribution < -0.4 is 4.72 Å². The number of hydrogen-bond donors (Lipinski definition) is 4. The zero-order valence-corrected chi connectivity index (χ0v) is 16.5. The van der Waals surface area contributed by atoms with E-state index in [-0.39, 0.29) is 28.5 Å². The molecular formula is C22H19NO6S. The highest BCUT2D eigenvalue weighted by Gasteiger charge is 2.14. The second-order valence-electron chi connectivity index (χ2n) is 6.39. The van der Waals surface area contributed by atoms with Crippen LogP contribution in [0.2, 0.25) is 0 Å². The van der Waals surface area contributed by atoms with E-state index in [2.05, 4.69) is 4.72 Å². The van der Waals surface area contributed by atoms with Crippen molar-refractivity contribution in [3.05, 3.63) is 95.6 Å². The number of rotatable bonds is 7. The molecule has 3 aromatic rings. The molecule has 4 N–H and O–H groups in total. The summed E-state index contributed by atoms with van der Waals surface area (Å²) < 4.78 is 27.5. The van der Waals surface area contributed by atoms with Crippen LogP contribution in [0.3, 0.4) is 0 Å². The molecule has 0 saturated carbocycles. The summed E-state index contributed by atoms with van der Waals surface area (Å²) in [4.78, 5) is 10.9. The summed E-state index contributed by atoms with van der Waals surface area (Å²) >= 11 is 0. The maximum absolute atomic E-state index is 12.5. The molecular weight excluding hydrogens is 406 g/mol. The van der Waals surface area contributed by atoms with Crippen molar-refractivity contribution < 1.29 is 28.5 Å². The first-order valence-corrected chi connectivity index (χ1v) is 10.4. The zero-order valence-electron chi connectivity index (χ0n) is 15.7. The Hall–Kier alpha value is -3.62. The van der Waals surface area contributed by atoms with Crippen LogP contribution in [-0.2, 0) is 10.0 Å². The van der Waals surface area contributed by atoms with Crippen molar-refractivity contribution >= 4 is 21.6 Å². The molecule has 154 valence electrons. The lowest BCUT2D eigenvalue weighted by molar-refractivity contribution is 0.0696. The van der Waals surface area contributed by atoms with Crippen LogP contribution in [0.5, 0.6) is 11.5 Å². The van der Waals surface area contributed by atoms with Gasteiger partial charge in [0.05, 0.1) is 10.5 Å². The molecule has 0 heterocycles. The molecule has 0 aliphatic heterocycles. The van der Waals surface area contributed by atoms with E-state index in [4.69, 9.17) is 5.11 Å². The lowest BCUT2D eigenvalue weighted by Crippen LogP contribution is -2.24. The number of aromatic carboxylic acids is 1. The third-order valence-electron chi connectivity index (χ3n) is 4.35. The van der Waals surface area contributed by atoms with E-state index in [9.17, 15) is 23.4 Å². The summed E-state index contributed by atoms with van der Waals surface area (Å²) in [6.07, 6.45) is 1.68. The second kappa shape index (κ2) is 8.81. The van der Waals surface area contributed by atoms with E-state index in [1.807, 2.05) is 0 Å². The first-order valence-electron chi connectivity index (χ1n) is 8.88. The maximum Gasteiger partial charge on any atom is 0.335 e. The molecule has 0 aliphatic rings. The largest absolute Gasteiger partial charge is 0.508 e. The molecule has 30 heavy (non-hydrogen) atoms. The SMILES string of the molecule is O=C(O)c1ccc(S(=O)(=O)NCC=C(c2ccc(O)cc2)c2ccc(O)cc2)cc1. The number of aromatic hydroxyl groups is 2. The predicted molar refractivity (Wildman–Crippen MR) is 112 cm³/mol. The molecule has 0 fully saturated rings. The van der Waals surface area contributed by atoms with Crippen molar-refractivity contribution in [1.29, 1.82) is 0 Å². The van der Waals surface area contributed by atoms with Gasteiger partial charge in [-0.05, 0) is 65.2 Å². The van der Waals surface area contributed by atoms with Gasteiger partial charge in [0.15, 0.2) is 0 Å². The average Bonchev–Trinajstić information content (AvgIpc) is 2.73. The van der Waals surface area contributed by atoms with Crippen LogP contribution in [-0.4, -0.2) is 36.3 Å². The van der Waals surface area contributed by atoms with Crippen molar-refractivity contribution in [2.75, 3.05) is 6.54 Å².